The summed E-state index contributed by atoms with van der Waals surface area (Å²) in [5, 5.41) is 0. The summed E-state index contributed by atoms with van der Waals surface area (Å²) in [6.07, 6.45) is 1.58. The van der Waals surface area contributed by atoms with Gasteiger partial charge in [0, 0.05) is 51.0 Å². The lowest BCUT2D eigenvalue weighted by Gasteiger charge is -2.32. The monoisotopic (exact) mass is 562 g/mol. The third-order valence-electron chi connectivity index (χ3n) is 7.79. The van der Waals surface area contributed by atoms with Crippen LogP contribution in [0.15, 0.2) is 17.1 Å². The minimum atomic E-state index is -0.710. The number of hydrogen-bond acceptors (Lipinski definition) is 8. The Morgan fingerprint density at radius 1 is 1.12 bits per heavy atom. The number of nitrogens with two attached hydrogens (primary N) is 1. The number of anilines is 1. The molecule has 0 radical (unpaired) electrons. The molecule has 40 heavy (non-hydrogen) atoms. The summed E-state index contributed by atoms with van der Waals surface area (Å²) in [7, 11) is 0.958. The molecular weight excluding hydrogens is 514 g/mol. The third kappa shape index (κ3) is 8.18. The zero-order valence-corrected chi connectivity index (χ0v) is 25.6. The number of rotatable bonds is 10. The van der Waals surface area contributed by atoms with Crippen LogP contribution in [0.2, 0.25) is 0 Å². The van der Waals surface area contributed by atoms with E-state index in [1.807, 2.05) is 48.5 Å². The Labute approximate surface area is 239 Å². The van der Waals surface area contributed by atoms with E-state index in [0.717, 1.165) is 39.3 Å². The molecule has 0 saturated carbocycles. The molecule has 2 fully saturated rings. The number of nitrogens with zero attached hydrogens (tertiary/aromatic N) is 3. The van der Waals surface area contributed by atoms with Crippen LogP contribution in [0.3, 0.4) is 0 Å². The summed E-state index contributed by atoms with van der Waals surface area (Å²) < 4.78 is 38.4. The van der Waals surface area contributed by atoms with Crippen LogP contribution in [0.4, 0.5) is 14.9 Å². The van der Waals surface area contributed by atoms with Gasteiger partial charge in [-0.25, -0.2) is 9.18 Å². The van der Waals surface area contributed by atoms with Crippen molar-refractivity contribution in [2.24, 2.45) is 4.99 Å². The van der Waals surface area contributed by atoms with Crippen LogP contribution in [0.1, 0.15) is 73.3 Å². The van der Waals surface area contributed by atoms with Gasteiger partial charge in [0.05, 0.1) is 30.1 Å². The van der Waals surface area contributed by atoms with Crippen molar-refractivity contribution < 1.29 is 28.0 Å². The van der Waals surface area contributed by atoms with Gasteiger partial charge in [-0.2, -0.15) is 0 Å². The number of aliphatic imine (C=N–C) groups is 1. The van der Waals surface area contributed by atoms with E-state index in [-0.39, 0.29) is 11.8 Å². The van der Waals surface area contributed by atoms with E-state index in [9.17, 15) is 9.18 Å². The number of morpholine rings is 1. The Hall–Kier alpha value is -2.21. The lowest BCUT2D eigenvalue weighted by molar-refractivity contribution is 0.00578. The molecule has 1 aromatic rings. The van der Waals surface area contributed by atoms with Gasteiger partial charge in [-0.05, 0) is 79.3 Å². The summed E-state index contributed by atoms with van der Waals surface area (Å²) in [6, 6.07) is 3.00. The first-order valence-corrected chi connectivity index (χ1v) is 14.3. The fraction of sp³-hybridized carbons (Fsp3) is 0.724. The van der Waals surface area contributed by atoms with Crippen molar-refractivity contribution in [3.8, 4) is 0 Å². The molecule has 0 atom stereocenters. The SMILES string of the molecule is CN=C(CCCN(CCCN1CCOCC1)C(=O)OC(C)(C)C)c1c(B2OC(C)(C)C(C)(C)O2)ccc(F)c1N. The van der Waals surface area contributed by atoms with Gasteiger partial charge in [-0.15, -0.1) is 0 Å². The van der Waals surface area contributed by atoms with Crippen LogP contribution in [0.25, 0.3) is 0 Å². The van der Waals surface area contributed by atoms with Crippen LogP contribution in [0.5, 0.6) is 0 Å². The van der Waals surface area contributed by atoms with Gasteiger partial charge < -0.3 is 29.4 Å². The second-order valence-electron chi connectivity index (χ2n) is 12.6. The smallest absolute Gasteiger partial charge is 0.444 e. The molecule has 9 nitrogen and oxygen atoms in total. The van der Waals surface area contributed by atoms with Crippen molar-refractivity contribution in [3.63, 3.8) is 0 Å². The minimum absolute atomic E-state index is 0.0160. The average Bonchev–Trinajstić information content (AvgIpc) is 3.08. The average molecular weight is 563 g/mol. The van der Waals surface area contributed by atoms with E-state index in [2.05, 4.69) is 9.89 Å². The molecule has 1 aromatic carbocycles. The third-order valence-corrected chi connectivity index (χ3v) is 7.79. The van der Waals surface area contributed by atoms with Crippen LogP contribution >= 0.6 is 0 Å². The van der Waals surface area contributed by atoms with E-state index in [0.29, 0.717) is 42.7 Å². The van der Waals surface area contributed by atoms with Gasteiger partial charge in [0.1, 0.15) is 11.4 Å². The first-order valence-electron chi connectivity index (χ1n) is 14.3. The van der Waals surface area contributed by atoms with Gasteiger partial charge in [-0.3, -0.25) is 9.89 Å². The first-order chi connectivity index (χ1) is 18.6. The summed E-state index contributed by atoms with van der Waals surface area (Å²) in [5.74, 6) is -0.519. The summed E-state index contributed by atoms with van der Waals surface area (Å²) in [5.41, 5.74) is 6.37. The Morgan fingerprint density at radius 2 is 1.73 bits per heavy atom. The molecule has 0 spiro atoms. The van der Waals surface area contributed by atoms with Gasteiger partial charge >= 0.3 is 13.2 Å². The van der Waals surface area contributed by atoms with Crippen molar-refractivity contribution in [1.29, 1.82) is 0 Å². The number of carbonyl (C=O) groups is 1. The molecular formula is C29H48BFN4O5. The molecule has 0 bridgehead atoms. The zero-order chi connectivity index (χ0) is 29.7. The summed E-state index contributed by atoms with van der Waals surface area (Å²) in [4.78, 5) is 21.6. The number of benzene rings is 1. The van der Waals surface area contributed by atoms with Gasteiger partial charge in [0.2, 0.25) is 0 Å². The quantitative estimate of drug-likeness (QED) is 0.263. The Bertz CT molecular complexity index is 1040. The van der Waals surface area contributed by atoms with Crippen molar-refractivity contribution in [2.45, 2.75) is 84.5 Å². The Balaban J connectivity index is 1.73. The fourth-order valence-electron chi connectivity index (χ4n) is 4.82. The predicted molar refractivity (Wildman–Crippen MR) is 158 cm³/mol. The number of nitrogen functional groups attached to an aromatic ring is 1. The molecule has 3 rings (SSSR count). The maximum Gasteiger partial charge on any atom is 0.495 e. The topological polar surface area (TPSA) is 98.9 Å². The highest BCUT2D eigenvalue weighted by atomic mass is 19.1. The zero-order valence-electron chi connectivity index (χ0n) is 25.6. The van der Waals surface area contributed by atoms with E-state index in [1.165, 1.54) is 6.07 Å². The maximum absolute atomic E-state index is 14.7. The summed E-state index contributed by atoms with van der Waals surface area (Å²) in [6.45, 7) is 18.7. The second-order valence-corrected chi connectivity index (χ2v) is 12.6. The first kappa shape index (κ1) is 32.3. The fourth-order valence-corrected chi connectivity index (χ4v) is 4.82. The molecule has 0 unspecified atom stereocenters. The molecule has 2 saturated heterocycles. The highest BCUT2D eigenvalue weighted by Crippen LogP contribution is 2.37. The van der Waals surface area contributed by atoms with Gasteiger partial charge in [0.25, 0.3) is 0 Å². The van der Waals surface area contributed by atoms with Crippen molar-refractivity contribution in [3.05, 3.63) is 23.5 Å². The lowest BCUT2D eigenvalue weighted by Crippen LogP contribution is -2.41. The molecule has 224 valence electrons. The molecule has 2 aliphatic rings. The number of amides is 1. The minimum Gasteiger partial charge on any atom is -0.444 e. The molecule has 2 heterocycles. The highest BCUT2D eigenvalue weighted by molar-refractivity contribution is 6.64. The number of halogens is 1. The van der Waals surface area contributed by atoms with E-state index in [4.69, 9.17) is 24.5 Å². The van der Waals surface area contributed by atoms with E-state index in [1.54, 1.807) is 18.0 Å². The van der Waals surface area contributed by atoms with E-state index >= 15 is 0 Å². The Morgan fingerprint density at radius 3 is 2.30 bits per heavy atom. The van der Waals surface area contributed by atoms with Crippen molar-refractivity contribution >= 4 is 30.1 Å². The Kier molecular flexibility index (Phi) is 10.7. The molecule has 2 aliphatic heterocycles. The predicted octanol–water partition coefficient (Wildman–Crippen LogP) is 3.87. The van der Waals surface area contributed by atoms with Crippen LogP contribution < -0.4 is 11.2 Å². The second kappa shape index (κ2) is 13.2. The molecule has 11 heteroatoms. The van der Waals surface area contributed by atoms with Crippen LogP contribution in [-0.2, 0) is 18.8 Å². The van der Waals surface area contributed by atoms with Crippen LogP contribution in [-0.4, -0.2) is 98.5 Å². The molecule has 2 N–H and O–H groups in total. The molecule has 1 amide bonds. The van der Waals surface area contributed by atoms with Gasteiger partial charge in [0.15, 0.2) is 0 Å². The van der Waals surface area contributed by atoms with E-state index < -0.39 is 29.7 Å². The maximum atomic E-state index is 14.7. The van der Waals surface area contributed by atoms with Gasteiger partial charge in [-0.1, -0.05) is 6.07 Å². The molecule has 0 aliphatic carbocycles. The number of hydrogen-bond donors (Lipinski definition) is 1. The lowest BCUT2D eigenvalue weighted by atomic mass is 9.74. The standard InChI is InChI=1S/C29H48BFN4O5/c1-27(2,3)38-26(36)35(16-10-14-34-17-19-37-20-18-34)15-9-11-23(33-8)24-21(12-13-22(31)25(24)32)30-39-28(4,5)29(6,7)40-30/h12-13H,9-11,14-20,32H2,1-8H3. The number of ether oxygens (including phenoxy) is 2. The largest absolute Gasteiger partial charge is 0.495 e. The van der Waals surface area contributed by atoms with Crippen molar-refractivity contribution in [2.75, 3.05) is 58.7 Å². The molecule has 0 aromatic heterocycles. The van der Waals surface area contributed by atoms with Crippen molar-refractivity contribution in [1.82, 2.24) is 9.80 Å². The summed E-state index contributed by atoms with van der Waals surface area (Å²) >= 11 is 0. The number of carbonyl (C=O) groups excluding carboxylic acids is 1. The highest BCUT2D eigenvalue weighted by Gasteiger charge is 2.52. The van der Waals surface area contributed by atoms with Crippen LogP contribution in [0, 0.1) is 5.82 Å². The normalized spacial score (nSPS) is 19.6.